The third-order valence-corrected chi connectivity index (χ3v) is 4.17. The van der Waals surface area contributed by atoms with Crippen molar-refractivity contribution in [3.8, 4) is 0 Å². The summed E-state index contributed by atoms with van der Waals surface area (Å²) < 4.78 is 28.8. The topological polar surface area (TPSA) is 28.7 Å². The van der Waals surface area contributed by atoms with Gasteiger partial charge in [0, 0.05) is 39.9 Å². The van der Waals surface area contributed by atoms with Gasteiger partial charge in [0.05, 0.1) is 5.52 Å². The molecule has 2 aromatic heterocycles. The number of nitrogens with one attached hydrogen (secondary N) is 1. The lowest BCUT2D eigenvalue weighted by molar-refractivity contribution is 0.507. The highest BCUT2D eigenvalue weighted by atomic mass is 79.9. The van der Waals surface area contributed by atoms with Crippen LogP contribution in [0.25, 0.3) is 10.9 Å². The Balaban J connectivity index is 2.16. The molecule has 1 aromatic carbocycles. The molecule has 0 saturated carbocycles. The largest absolute Gasteiger partial charge is 0.359 e. The van der Waals surface area contributed by atoms with Crippen LogP contribution in [0.15, 0.2) is 35.1 Å². The van der Waals surface area contributed by atoms with Crippen molar-refractivity contribution in [2.24, 2.45) is 0 Å². The Morgan fingerprint density at radius 3 is 2.80 bits per heavy atom. The van der Waals surface area contributed by atoms with Crippen molar-refractivity contribution in [2.45, 2.75) is 13.3 Å². The van der Waals surface area contributed by atoms with Crippen LogP contribution >= 0.6 is 15.9 Å². The van der Waals surface area contributed by atoms with Crippen LogP contribution in [0.2, 0.25) is 0 Å². The molecule has 0 amide bonds. The molecule has 0 aliphatic carbocycles. The zero-order valence-electron chi connectivity index (χ0n) is 10.7. The Bertz CT molecular complexity index is 796. The van der Waals surface area contributed by atoms with Gasteiger partial charge in [-0.05, 0) is 46.6 Å². The molecule has 102 valence electrons. The molecule has 2 heterocycles. The van der Waals surface area contributed by atoms with E-state index in [4.69, 9.17) is 0 Å². The fourth-order valence-electron chi connectivity index (χ4n) is 2.31. The summed E-state index contributed by atoms with van der Waals surface area (Å²) in [4.78, 5) is 6.82. The van der Waals surface area contributed by atoms with Crippen LogP contribution in [-0.2, 0) is 6.42 Å². The second-order valence-corrected chi connectivity index (χ2v) is 5.46. The van der Waals surface area contributed by atoms with Gasteiger partial charge in [-0.2, -0.15) is 0 Å². The number of aryl methyl sites for hydroxylation is 1. The van der Waals surface area contributed by atoms with Crippen molar-refractivity contribution < 1.29 is 8.78 Å². The SMILES string of the molecule is Cc1cc(Cc2c(F)c(F)c3[nH]ccc3c2Br)ccn1. The van der Waals surface area contributed by atoms with Crippen molar-refractivity contribution >= 4 is 26.8 Å². The number of halogens is 3. The molecule has 0 bridgehead atoms. The highest BCUT2D eigenvalue weighted by molar-refractivity contribution is 9.10. The third-order valence-electron chi connectivity index (χ3n) is 3.27. The molecule has 5 heteroatoms. The summed E-state index contributed by atoms with van der Waals surface area (Å²) in [5.74, 6) is -1.66. The molecule has 0 aliphatic rings. The molecule has 3 rings (SSSR count). The number of hydrogen-bond acceptors (Lipinski definition) is 1. The van der Waals surface area contributed by atoms with E-state index in [0.29, 0.717) is 21.8 Å². The van der Waals surface area contributed by atoms with E-state index in [2.05, 4.69) is 25.9 Å². The number of rotatable bonds is 2. The van der Waals surface area contributed by atoms with E-state index >= 15 is 0 Å². The first-order valence-electron chi connectivity index (χ1n) is 6.12. The molecule has 0 unspecified atom stereocenters. The van der Waals surface area contributed by atoms with Crippen molar-refractivity contribution in [3.05, 3.63) is 63.5 Å². The summed E-state index contributed by atoms with van der Waals surface area (Å²) in [5, 5.41) is 0.643. The highest BCUT2D eigenvalue weighted by Crippen LogP contribution is 2.33. The summed E-state index contributed by atoms with van der Waals surface area (Å²) in [5.41, 5.74) is 2.25. The second kappa shape index (κ2) is 4.98. The first-order chi connectivity index (χ1) is 9.58. The number of hydrogen-bond donors (Lipinski definition) is 1. The van der Waals surface area contributed by atoms with E-state index in [1.807, 2.05) is 13.0 Å². The Morgan fingerprint density at radius 1 is 1.25 bits per heavy atom. The van der Waals surface area contributed by atoms with Gasteiger partial charge in [0.15, 0.2) is 11.6 Å². The van der Waals surface area contributed by atoms with Gasteiger partial charge in [-0.1, -0.05) is 0 Å². The lowest BCUT2D eigenvalue weighted by Gasteiger charge is -2.09. The van der Waals surface area contributed by atoms with Crippen LogP contribution in [-0.4, -0.2) is 9.97 Å². The van der Waals surface area contributed by atoms with E-state index in [1.54, 1.807) is 24.5 Å². The molecule has 0 spiro atoms. The minimum Gasteiger partial charge on any atom is -0.359 e. The first-order valence-corrected chi connectivity index (χ1v) is 6.91. The predicted molar refractivity (Wildman–Crippen MR) is 77.7 cm³/mol. The van der Waals surface area contributed by atoms with E-state index in [0.717, 1.165) is 11.3 Å². The molecule has 0 atom stereocenters. The van der Waals surface area contributed by atoms with Gasteiger partial charge < -0.3 is 4.98 Å². The number of fused-ring (bicyclic) bond motifs is 1. The minimum absolute atomic E-state index is 0.184. The van der Waals surface area contributed by atoms with E-state index in [1.165, 1.54) is 0 Å². The number of pyridine rings is 1. The minimum atomic E-state index is -0.839. The Labute approximate surface area is 123 Å². The maximum absolute atomic E-state index is 14.2. The van der Waals surface area contributed by atoms with Gasteiger partial charge >= 0.3 is 0 Å². The number of H-pyrrole nitrogens is 1. The van der Waals surface area contributed by atoms with Crippen LogP contribution < -0.4 is 0 Å². The Hall–Kier alpha value is -1.75. The van der Waals surface area contributed by atoms with Crippen molar-refractivity contribution in [1.29, 1.82) is 0 Å². The van der Waals surface area contributed by atoms with Crippen LogP contribution in [0.5, 0.6) is 0 Å². The van der Waals surface area contributed by atoms with E-state index in [9.17, 15) is 8.78 Å². The van der Waals surface area contributed by atoms with Gasteiger partial charge in [-0.15, -0.1) is 0 Å². The standard InChI is InChI=1S/C15H11BrF2N2/c1-8-6-9(2-4-19-8)7-11-12(16)10-3-5-20-15(10)14(18)13(11)17/h2-6,20H,7H2,1H3. The molecule has 1 N–H and O–H groups in total. The number of benzene rings is 1. The maximum atomic E-state index is 14.2. The van der Waals surface area contributed by atoms with Crippen LogP contribution in [0, 0.1) is 18.6 Å². The zero-order valence-corrected chi connectivity index (χ0v) is 12.3. The molecule has 0 aliphatic heterocycles. The van der Waals surface area contributed by atoms with E-state index in [-0.39, 0.29) is 5.52 Å². The summed E-state index contributed by atoms with van der Waals surface area (Å²) in [6.07, 6.45) is 3.58. The summed E-state index contributed by atoms with van der Waals surface area (Å²) in [6, 6.07) is 5.40. The first kappa shape index (κ1) is 13.2. The fraction of sp³-hybridized carbons (Fsp3) is 0.133. The lowest BCUT2D eigenvalue weighted by Crippen LogP contribution is -2.00. The predicted octanol–water partition coefficient (Wildman–Crippen LogP) is 4.50. The van der Waals surface area contributed by atoms with E-state index < -0.39 is 11.6 Å². The Morgan fingerprint density at radius 2 is 2.05 bits per heavy atom. The highest BCUT2D eigenvalue weighted by Gasteiger charge is 2.19. The number of nitrogens with zero attached hydrogens (tertiary/aromatic N) is 1. The smallest absolute Gasteiger partial charge is 0.183 e. The molecule has 20 heavy (non-hydrogen) atoms. The Kier molecular flexibility index (Phi) is 3.30. The molecule has 2 nitrogen and oxygen atoms in total. The average molecular weight is 337 g/mol. The zero-order chi connectivity index (χ0) is 14.3. The lowest BCUT2D eigenvalue weighted by atomic mass is 10.0. The van der Waals surface area contributed by atoms with Crippen molar-refractivity contribution in [2.75, 3.05) is 0 Å². The number of aromatic amines is 1. The monoisotopic (exact) mass is 336 g/mol. The summed E-state index contributed by atoms with van der Waals surface area (Å²) >= 11 is 3.38. The molecular weight excluding hydrogens is 326 g/mol. The quantitative estimate of drug-likeness (QED) is 0.685. The molecule has 0 saturated heterocycles. The molecular formula is C15H11BrF2N2. The van der Waals surface area contributed by atoms with Gasteiger partial charge in [-0.3, -0.25) is 4.98 Å². The molecule has 0 radical (unpaired) electrons. The number of aromatic nitrogens is 2. The summed E-state index contributed by atoms with van der Waals surface area (Å²) in [6.45, 7) is 1.87. The van der Waals surface area contributed by atoms with Gasteiger partial charge in [0.1, 0.15) is 0 Å². The van der Waals surface area contributed by atoms with Crippen LogP contribution in [0.1, 0.15) is 16.8 Å². The maximum Gasteiger partial charge on any atom is 0.183 e. The average Bonchev–Trinajstić information content (AvgIpc) is 2.91. The van der Waals surface area contributed by atoms with Crippen LogP contribution in [0.3, 0.4) is 0 Å². The molecule has 0 fully saturated rings. The summed E-state index contributed by atoms with van der Waals surface area (Å²) in [7, 11) is 0. The van der Waals surface area contributed by atoms with Crippen molar-refractivity contribution in [3.63, 3.8) is 0 Å². The van der Waals surface area contributed by atoms with Crippen LogP contribution in [0.4, 0.5) is 8.78 Å². The van der Waals surface area contributed by atoms with Gasteiger partial charge in [0.2, 0.25) is 0 Å². The van der Waals surface area contributed by atoms with Gasteiger partial charge in [-0.25, -0.2) is 8.78 Å². The normalized spacial score (nSPS) is 11.2. The van der Waals surface area contributed by atoms with Crippen molar-refractivity contribution in [1.82, 2.24) is 9.97 Å². The fourth-order valence-corrected chi connectivity index (χ4v) is 2.95. The second-order valence-electron chi connectivity index (χ2n) is 4.67. The third kappa shape index (κ3) is 2.12. The molecule has 3 aromatic rings. The van der Waals surface area contributed by atoms with Gasteiger partial charge in [0.25, 0.3) is 0 Å².